The molecule has 1 fully saturated rings. The second kappa shape index (κ2) is 10.4. The monoisotopic (exact) mass is 406 g/mol. The van der Waals surface area contributed by atoms with Crippen LogP contribution in [-0.4, -0.2) is 47.0 Å². The number of ether oxygens (including phenoxy) is 1. The van der Waals surface area contributed by atoms with Crippen LogP contribution in [0.5, 0.6) is 0 Å². The highest BCUT2D eigenvalue weighted by Crippen LogP contribution is 2.18. The first kappa shape index (κ1) is 19.8. The number of nitrogens with zero attached hydrogens (tertiary/aromatic N) is 2. The van der Waals surface area contributed by atoms with Gasteiger partial charge in [0.1, 0.15) is 5.03 Å². The van der Waals surface area contributed by atoms with Crippen LogP contribution in [-0.2, 0) is 9.53 Å². The highest BCUT2D eigenvalue weighted by atomic mass is 32.2. The van der Waals surface area contributed by atoms with Crippen LogP contribution in [0.3, 0.4) is 0 Å². The molecule has 2 amide bonds. The van der Waals surface area contributed by atoms with Crippen molar-refractivity contribution in [3.05, 3.63) is 34.5 Å². The number of hydrogen-bond donors (Lipinski definition) is 2. The van der Waals surface area contributed by atoms with E-state index in [0.29, 0.717) is 23.7 Å². The lowest BCUT2D eigenvalue weighted by Crippen LogP contribution is -2.31. The number of aromatic nitrogens is 2. The van der Waals surface area contributed by atoms with Gasteiger partial charge in [-0.15, -0.1) is 33.3 Å². The zero-order valence-corrected chi connectivity index (χ0v) is 16.5. The summed E-state index contributed by atoms with van der Waals surface area (Å²) < 4.78 is 5.48. The molecule has 3 heterocycles. The molecule has 2 aromatic heterocycles. The number of amides is 2. The summed E-state index contributed by atoms with van der Waals surface area (Å²) in [6.45, 7) is 1.41. The van der Waals surface area contributed by atoms with Crippen LogP contribution in [0, 0.1) is 0 Å². The van der Waals surface area contributed by atoms with Crippen molar-refractivity contribution in [2.75, 3.05) is 24.2 Å². The first-order valence-corrected chi connectivity index (χ1v) is 10.8. The molecule has 27 heavy (non-hydrogen) atoms. The van der Waals surface area contributed by atoms with E-state index >= 15 is 0 Å². The molecular weight excluding hydrogens is 384 g/mol. The van der Waals surface area contributed by atoms with Crippen molar-refractivity contribution < 1.29 is 14.3 Å². The van der Waals surface area contributed by atoms with Crippen LogP contribution in [0.1, 0.15) is 35.4 Å². The molecule has 0 saturated carbocycles. The maximum Gasteiger partial charge on any atom is 0.266 e. The fraction of sp³-hybridized carbons (Fsp3) is 0.444. The predicted octanol–water partition coefficient (Wildman–Crippen LogP) is 2.96. The Labute approximate surface area is 166 Å². The van der Waals surface area contributed by atoms with Gasteiger partial charge in [-0.25, -0.2) is 0 Å². The zero-order valence-electron chi connectivity index (χ0n) is 14.8. The van der Waals surface area contributed by atoms with Crippen LogP contribution in [0.15, 0.2) is 34.7 Å². The number of thioether (sulfide) groups is 1. The Balaban J connectivity index is 1.31. The van der Waals surface area contributed by atoms with Crippen LogP contribution < -0.4 is 10.6 Å². The SMILES string of the molecule is O=C(CCCSc1ccc(NC(=O)c2cccs2)nn1)NCC1CCCO1. The smallest absolute Gasteiger partial charge is 0.266 e. The Bertz CT molecular complexity index is 732. The first-order chi connectivity index (χ1) is 13.2. The van der Waals surface area contributed by atoms with Crippen molar-refractivity contribution in [2.24, 2.45) is 0 Å². The Morgan fingerprint density at radius 2 is 2.22 bits per heavy atom. The molecule has 9 heteroatoms. The summed E-state index contributed by atoms with van der Waals surface area (Å²) in [5.41, 5.74) is 0. The van der Waals surface area contributed by atoms with Gasteiger partial charge in [-0.1, -0.05) is 6.07 Å². The maximum absolute atomic E-state index is 12.0. The highest BCUT2D eigenvalue weighted by Gasteiger charge is 2.15. The fourth-order valence-corrected chi connectivity index (χ4v) is 3.96. The molecule has 1 aliphatic rings. The molecule has 1 saturated heterocycles. The van der Waals surface area contributed by atoms with Crippen LogP contribution >= 0.6 is 23.1 Å². The molecule has 0 radical (unpaired) electrons. The van der Waals surface area contributed by atoms with Crippen molar-refractivity contribution in [3.63, 3.8) is 0 Å². The average molecular weight is 407 g/mol. The third-order valence-corrected chi connectivity index (χ3v) is 5.85. The zero-order chi connectivity index (χ0) is 18.9. The number of anilines is 1. The van der Waals surface area contributed by atoms with Gasteiger partial charge < -0.3 is 15.4 Å². The maximum atomic E-state index is 12.0. The van der Waals surface area contributed by atoms with E-state index in [-0.39, 0.29) is 17.9 Å². The molecule has 0 aromatic carbocycles. The number of rotatable bonds is 9. The molecule has 2 aromatic rings. The molecule has 0 bridgehead atoms. The Morgan fingerprint density at radius 3 is 2.93 bits per heavy atom. The fourth-order valence-electron chi connectivity index (χ4n) is 2.58. The number of nitrogens with one attached hydrogen (secondary N) is 2. The lowest BCUT2D eigenvalue weighted by Gasteiger charge is -2.10. The molecule has 2 N–H and O–H groups in total. The summed E-state index contributed by atoms with van der Waals surface area (Å²) in [7, 11) is 0. The van der Waals surface area contributed by atoms with Crippen molar-refractivity contribution in [3.8, 4) is 0 Å². The summed E-state index contributed by atoms with van der Waals surface area (Å²) >= 11 is 2.92. The van der Waals surface area contributed by atoms with Gasteiger partial charge in [0, 0.05) is 25.3 Å². The number of hydrogen-bond acceptors (Lipinski definition) is 7. The molecule has 1 aliphatic heterocycles. The van der Waals surface area contributed by atoms with E-state index in [4.69, 9.17) is 4.74 Å². The molecular formula is C18H22N4O3S2. The minimum atomic E-state index is -0.186. The van der Waals surface area contributed by atoms with Gasteiger partial charge in [-0.2, -0.15) is 0 Å². The summed E-state index contributed by atoms with van der Waals surface area (Å²) in [6, 6.07) is 7.14. The molecule has 1 unspecified atom stereocenters. The third kappa shape index (κ3) is 6.60. The van der Waals surface area contributed by atoms with Crippen LogP contribution in [0.4, 0.5) is 5.82 Å². The van der Waals surface area contributed by atoms with Gasteiger partial charge >= 0.3 is 0 Å². The molecule has 7 nitrogen and oxygen atoms in total. The molecule has 3 rings (SSSR count). The minimum absolute atomic E-state index is 0.0591. The predicted molar refractivity (Wildman–Crippen MR) is 106 cm³/mol. The second-order valence-electron chi connectivity index (χ2n) is 6.08. The molecule has 1 atom stereocenters. The Hall–Kier alpha value is -1.97. The number of thiophene rings is 1. The van der Waals surface area contributed by atoms with Gasteiger partial charge in [-0.3, -0.25) is 9.59 Å². The van der Waals surface area contributed by atoms with Crippen LogP contribution in [0.25, 0.3) is 0 Å². The summed E-state index contributed by atoms with van der Waals surface area (Å²) in [5.74, 6) is 1.08. The van der Waals surface area contributed by atoms with E-state index in [2.05, 4.69) is 20.8 Å². The third-order valence-electron chi connectivity index (χ3n) is 3.98. The van der Waals surface area contributed by atoms with Crippen molar-refractivity contribution in [1.82, 2.24) is 15.5 Å². The quantitative estimate of drug-likeness (QED) is 0.491. The Kier molecular flexibility index (Phi) is 7.61. The Morgan fingerprint density at radius 1 is 1.30 bits per heavy atom. The van der Waals surface area contributed by atoms with Crippen molar-refractivity contribution >= 4 is 40.7 Å². The second-order valence-corrected chi connectivity index (χ2v) is 8.14. The van der Waals surface area contributed by atoms with Crippen molar-refractivity contribution in [2.45, 2.75) is 36.8 Å². The molecule has 0 aliphatic carbocycles. The topological polar surface area (TPSA) is 93.2 Å². The van der Waals surface area contributed by atoms with Gasteiger partial charge in [0.25, 0.3) is 5.91 Å². The summed E-state index contributed by atoms with van der Waals surface area (Å²) in [5, 5.41) is 16.4. The van der Waals surface area contributed by atoms with Gasteiger partial charge in [-0.05, 0) is 42.8 Å². The lowest BCUT2D eigenvalue weighted by molar-refractivity contribution is -0.121. The van der Waals surface area contributed by atoms with E-state index in [9.17, 15) is 9.59 Å². The van der Waals surface area contributed by atoms with Crippen LogP contribution in [0.2, 0.25) is 0 Å². The average Bonchev–Trinajstić information content (AvgIpc) is 3.38. The molecule has 0 spiro atoms. The van der Waals surface area contributed by atoms with E-state index in [1.54, 1.807) is 23.9 Å². The number of carbonyl (C=O) groups is 2. The van der Waals surface area contributed by atoms with Gasteiger partial charge in [0.2, 0.25) is 5.91 Å². The first-order valence-electron chi connectivity index (χ1n) is 8.90. The normalized spacial score (nSPS) is 16.2. The van der Waals surface area contributed by atoms with Gasteiger partial charge in [0.05, 0.1) is 11.0 Å². The van der Waals surface area contributed by atoms with Crippen molar-refractivity contribution in [1.29, 1.82) is 0 Å². The van der Waals surface area contributed by atoms with Gasteiger partial charge in [0.15, 0.2) is 5.82 Å². The summed E-state index contributed by atoms with van der Waals surface area (Å²) in [6.07, 6.45) is 3.54. The molecule has 144 valence electrons. The van der Waals surface area contributed by atoms with E-state index < -0.39 is 0 Å². The van der Waals surface area contributed by atoms with E-state index in [1.807, 2.05) is 17.5 Å². The summed E-state index contributed by atoms with van der Waals surface area (Å²) in [4.78, 5) is 24.4. The van der Waals surface area contributed by atoms with E-state index in [1.165, 1.54) is 11.3 Å². The largest absolute Gasteiger partial charge is 0.376 e. The standard InChI is InChI=1S/C18H22N4O3S2/c23-16(19-12-13-4-1-9-25-13)6-3-11-27-17-8-7-15(21-22-17)20-18(24)14-5-2-10-26-14/h2,5,7-8,10,13H,1,3-4,6,9,11-12H2,(H,19,23)(H,20,21,24). The lowest BCUT2D eigenvalue weighted by atomic mass is 10.2. The minimum Gasteiger partial charge on any atom is -0.376 e. The van der Waals surface area contributed by atoms with E-state index in [0.717, 1.165) is 36.6 Å². The highest BCUT2D eigenvalue weighted by molar-refractivity contribution is 7.99. The number of carbonyl (C=O) groups excluding carboxylic acids is 2.